The summed E-state index contributed by atoms with van der Waals surface area (Å²) in [5.74, 6) is 0. The summed E-state index contributed by atoms with van der Waals surface area (Å²) in [6, 6.07) is 13.2. The van der Waals surface area contributed by atoms with Crippen molar-refractivity contribution in [2.45, 2.75) is 11.8 Å². The summed E-state index contributed by atoms with van der Waals surface area (Å²) in [6.07, 6.45) is 2.11. The number of thioether (sulfide) groups is 1. The van der Waals surface area contributed by atoms with Gasteiger partial charge in [-0.3, -0.25) is 0 Å². The van der Waals surface area contributed by atoms with Crippen LogP contribution in [0.25, 0.3) is 10.8 Å². The molecule has 0 spiro atoms. The SMILES string of the molecule is CSc1ccc2cc(C)ccc2c1. The molecule has 0 N–H and O–H groups in total. The van der Waals surface area contributed by atoms with E-state index in [1.807, 2.05) is 0 Å². The van der Waals surface area contributed by atoms with Gasteiger partial charge in [-0.05, 0) is 36.1 Å². The van der Waals surface area contributed by atoms with Crippen LogP contribution in [-0.2, 0) is 0 Å². The van der Waals surface area contributed by atoms with Crippen molar-refractivity contribution in [3.05, 3.63) is 42.0 Å². The van der Waals surface area contributed by atoms with Crippen molar-refractivity contribution in [1.82, 2.24) is 0 Å². The quantitative estimate of drug-likeness (QED) is 0.612. The highest BCUT2D eigenvalue weighted by molar-refractivity contribution is 7.98. The van der Waals surface area contributed by atoms with Gasteiger partial charge >= 0.3 is 0 Å². The number of hydrogen-bond donors (Lipinski definition) is 0. The van der Waals surface area contributed by atoms with E-state index in [0.717, 1.165) is 0 Å². The lowest BCUT2D eigenvalue weighted by Crippen LogP contribution is -1.76. The topological polar surface area (TPSA) is 0 Å². The molecule has 0 atom stereocenters. The lowest BCUT2D eigenvalue weighted by Gasteiger charge is -2.01. The van der Waals surface area contributed by atoms with Crippen molar-refractivity contribution in [1.29, 1.82) is 0 Å². The molecule has 13 heavy (non-hydrogen) atoms. The van der Waals surface area contributed by atoms with Crippen LogP contribution in [-0.4, -0.2) is 6.26 Å². The summed E-state index contributed by atoms with van der Waals surface area (Å²) in [4.78, 5) is 1.33. The first-order valence-electron chi connectivity index (χ1n) is 4.34. The molecule has 0 aliphatic heterocycles. The summed E-state index contributed by atoms with van der Waals surface area (Å²) in [5.41, 5.74) is 1.32. The Kier molecular flexibility index (Phi) is 2.28. The van der Waals surface area contributed by atoms with Gasteiger partial charge in [0.25, 0.3) is 0 Å². The maximum absolute atomic E-state index is 2.24. The van der Waals surface area contributed by atoms with Crippen LogP contribution in [0.4, 0.5) is 0 Å². The van der Waals surface area contributed by atoms with Gasteiger partial charge < -0.3 is 0 Å². The molecule has 0 fully saturated rings. The molecule has 2 aromatic carbocycles. The van der Waals surface area contributed by atoms with Crippen LogP contribution in [0.1, 0.15) is 5.56 Å². The summed E-state index contributed by atoms with van der Waals surface area (Å²) >= 11 is 1.79. The molecule has 0 bridgehead atoms. The van der Waals surface area contributed by atoms with Crippen LogP contribution in [0.2, 0.25) is 0 Å². The number of benzene rings is 2. The lowest BCUT2D eigenvalue weighted by molar-refractivity contribution is 1.47. The van der Waals surface area contributed by atoms with Crippen LogP contribution < -0.4 is 0 Å². The zero-order valence-corrected chi connectivity index (χ0v) is 8.69. The Labute approximate surface area is 83.0 Å². The van der Waals surface area contributed by atoms with Gasteiger partial charge in [0.15, 0.2) is 0 Å². The van der Waals surface area contributed by atoms with Crippen molar-refractivity contribution in [2.24, 2.45) is 0 Å². The van der Waals surface area contributed by atoms with E-state index in [1.165, 1.54) is 21.2 Å². The average molecular weight is 188 g/mol. The normalized spacial score (nSPS) is 10.6. The molecule has 0 radical (unpaired) electrons. The van der Waals surface area contributed by atoms with E-state index in [4.69, 9.17) is 0 Å². The predicted molar refractivity (Wildman–Crippen MR) is 60.5 cm³/mol. The third-order valence-corrected chi connectivity index (χ3v) is 2.93. The van der Waals surface area contributed by atoms with E-state index in [-0.39, 0.29) is 0 Å². The minimum Gasteiger partial charge on any atom is -0.130 e. The van der Waals surface area contributed by atoms with Crippen molar-refractivity contribution >= 4 is 22.5 Å². The van der Waals surface area contributed by atoms with E-state index in [1.54, 1.807) is 11.8 Å². The standard InChI is InChI=1S/C12H12S/c1-9-3-4-11-8-12(13-2)6-5-10(11)7-9/h3-8H,1-2H3. The number of rotatable bonds is 1. The zero-order chi connectivity index (χ0) is 9.26. The molecular weight excluding hydrogens is 176 g/mol. The van der Waals surface area contributed by atoms with Crippen LogP contribution in [0.15, 0.2) is 41.3 Å². The molecule has 0 saturated heterocycles. The highest BCUT2D eigenvalue weighted by Crippen LogP contribution is 2.22. The van der Waals surface area contributed by atoms with Crippen molar-refractivity contribution in [3.63, 3.8) is 0 Å². The summed E-state index contributed by atoms with van der Waals surface area (Å²) in [5, 5.41) is 2.66. The first-order chi connectivity index (χ1) is 6.29. The van der Waals surface area contributed by atoms with Crippen LogP contribution >= 0.6 is 11.8 Å². The Hall–Kier alpha value is -0.950. The molecule has 0 heterocycles. The number of hydrogen-bond acceptors (Lipinski definition) is 1. The fourth-order valence-corrected chi connectivity index (χ4v) is 1.92. The minimum absolute atomic E-state index is 1.32. The number of aryl methyl sites for hydroxylation is 1. The molecule has 0 saturated carbocycles. The monoisotopic (exact) mass is 188 g/mol. The smallest absolute Gasteiger partial charge is 0.00755 e. The van der Waals surface area contributed by atoms with Gasteiger partial charge in [-0.1, -0.05) is 29.8 Å². The van der Waals surface area contributed by atoms with Gasteiger partial charge in [-0.15, -0.1) is 11.8 Å². The minimum atomic E-state index is 1.32. The molecule has 0 aliphatic rings. The van der Waals surface area contributed by atoms with Crippen molar-refractivity contribution in [3.8, 4) is 0 Å². The second kappa shape index (κ2) is 3.43. The van der Waals surface area contributed by atoms with E-state index >= 15 is 0 Å². The summed E-state index contributed by atoms with van der Waals surface area (Å²) in [7, 11) is 0. The number of fused-ring (bicyclic) bond motifs is 1. The predicted octanol–water partition coefficient (Wildman–Crippen LogP) is 3.87. The molecule has 0 nitrogen and oxygen atoms in total. The van der Waals surface area contributed by atoms with Gasteiger partial charge in [-0.25, -0.2) is 0 Å². The van der Waals surface area contributed by atoms with Crippen LogP contribution in [0, 0.1) is 6.92 Å². The van der Waals surface area contributed by atoms with Gasteiger partial charge in [0.1, 0.15) is 0 Å². The Morgan fingerprint density at radius 2 is 1.62 bits per heavy atom. The van der Waals surface area contributed by atoms with E-state index in [0.29, 0.717) is 0 Å². The second-order valence-electron chi connectivity index (χ2n) is 3.22. The Bertz CT molecular complexity index is 432. The second-order valence-corrected chi connectivity index (χ2v) is 4.10. The Morgan fingerprint density at radius 3 is 2.38 bits per heavy atom. The van der Waals surface area contributed by atoms with Gasteiger partial charge in [0.05, 0.1) is 0 Å². The third kappa shape index (κ3) is 1.70. The highest BCUT2D eigenvalue weighted by Gasteiger charge is 1.95. The van der Waals surface area contributed by atoms with Crippen molar-refractivity contribution in [2.75, 3.05) is 6.26 Å². The summed E-state index contributed by atoms with van der Waals surface area (Å²) < 4.78 is 0. The lowest BCUT2D eigenvalue weighted by atomic mass is 10.1. The highest BCUT2D eigenvalue weighted by atomic mass is 32.2. The third-order valence-electron chi connectivity index (χ3n) is 2.20. The molecule has 66 valence electrons. The maximum atomic E-state index is 2.24. The van der Waals surface area contributed by atoms with E-state index in [2.05, 4.69) is 49.6 Å². The van der Waals surface area contributed by atoms with E-state index in [9.17, 15) is 0 Å². The Morgan fingerprint density at radius 1 is 0.923 bits per heavy atom. The van der Waals surface area contributed by atoms with Crippen molar-refractivity contribution < 1.29 is 0 Å². The fraction of sp³-hybridized carbons (Fsp3) is 0.167. The molecule has 1 heteroatoms. The molecule has 0 amide bonds. The van der Waals surface area contributed by atoms with Crippen LogP contribution in [0.3, 0.4) is 0 Å². The van der Waals surface area contributed by atoms with Gasteiger partial charge in [0.2, 0.25) is 0 Å². The molecule has 0 aliphatic carbocycles. The van der Waals surface area contributed by atoms with Gasteiger partial charge in [-0.2, -0.15) is 0 Å². The molecule has 0 aromatic heterocycles. The molecule has 2 aromatic rings. The molecule has 0 unspecified atom stereocenters. The summed E-state index contributed by atoms with van der Waals surface area (Å²) in [6.45, 7) is 2.13. The molecule has 2 rings (SSSR count). The Balaban J connectivity index is 2.66. The maximum Gasteiger partial charge on any atom is 0.00755 e. The largest absolute Gasteiger partial charge is 0.130 e. The van der Waals surface area contributed by atoms with Crippen LogP contribution in [0.5, 0.6) is 0 Å². The molecular formula is C12H12S. The fourth-order valence-electron chi connectivity index (χ4n) is 1.47. The first kappa shape index (κ1) is 8.64. The zero-order valence-electron chi connectivity index (χ0n) is 7.87. The first-order valence-corrected chi connectivity index (χ1v) is 5.56. The van der Waals surface area contributed by atoms with E-state index < -0.39 is 0 Å². The average Bonchev–Trinajstić information content (AvgIpc) is 2.17. The van der Waals surface area contributed by atoms with Gasteiger partial charge in [0, 0.05) is 4.90 Å².